The molecule has 15 atom stereocenters. The van der Waals surface area contributed by atoms with Crippen LogP contribution in [-0.2, 0) is 28.5 Å². The van der Waals surface area contributed by atoms with E-state index in [4.69, 9.17) is 23.7 Å². The van der Waals surface area contributed by atoms with Crippen molar-refractivity contribution in [1.82, 2.24) is 5.32 Å². The maximum atomic E-state index is 12.0. The molecule has 0 radical (unpaired) electrons. The lowest BCUT2D eigenvalue weighted by molar-refractivity contribution is -0.366. The Hall–Kier alpha value is -1.09. The van der Waals surface area contributed by atoms with Gasteiger partial charge in [0.1, 0.15) is 67.1 Å². The predicted octanol–water partition coefficient (Wildman–Crippen LogP) is -6.40. The molecule has 210 valence electrons. The van der Waals surface area contributed by atoms with Crippen molar-refractivity contribution in [3.63, 3.8) is 0 Å². The van der Waals surface area contributed by atoms with Crippen molar-refractivity contribution in [3.05, 3.63) is 0 Å². The summed E-state index contributed by atoms with van der Waals surface area (Å²) in [5.41, 5.74) is 0. The van der Waals surface area contributed by atoms with E-state index < -0.39 is 111 Å². The molecule has 0 saturated carbocycles. The minimum atomic E-state index is -1.86. The average molecular weight is 529 g/mol. The molecule has 0 unspecified atom stereocenters. The van der Waals surface area contributed by atoms with Crippen LogP contribution in [0.25, 0.3) is 0 Å². The van der Waals surface area contributed by atoms with E-state index in [1.807, 2.05) is 0 Å². The van der Waals surface area contributed by atoms with Crippen LogP contribution in [0.3, 0.4) is 0 Å². The molecule has 3 aliphatic heterocycles. The van der Waals surface area contributed by atoms with Crippen molar-refractivity contribution in [1.29, 1.82) is 0 Å². The zero-order valence-electron chi connectivity index (χ0n) is 19.5. The van der Waals surface area contributed by atoms with Crippen molar-refractivity contribution < 1.29 is 74.4 Å². The van der Waals surface area contributed by atoms with Crippen LogP contribution in [0.1, 0.15) is 13.8 Å². The molecule has 0 bridgehead atoms. The highest BCUT2D eigenvalue weighted by molar-refractivity contribution is 5.73. The van der Waals surface area contributed by atoms with Crippen LogP contribution < -0.4 is 5.32 Å². The van der Waals surface area contributed by atoms with Crippen LogP contribution >= 0.6 is 0 Å². The molecule has 16 heteroatoms. The van der Waals surface area contributed by atoms with Crippen molar-refractivity contribution in [2.45, 2.75) is 106 Å². The van der Waals surface area contributed by atoms with E-state index in [1.165, 1.54) is 6.92 Å². The first-order valence-electron chi connectivity index (χ1n) is 11.4. The maximum absolute atomic E-state index is 12.0. The summed E-state index contributed by atoms with van der Waals surface area (Å²) < 4.78 is 27.3. The largest absolute Gasteiger partial charge is 0.394 e. The number of aliphatic hydroxyl groups excluding tert-OH is 9. The molecule has 16 nitrogen and oxygen atoms in total. The fourth-order valence-electron chi connectivity index (χ4n) is 4.39. The Bertz CT molecular complexity index is 731. The molecule has 3 aliphatic rings. The van der Waals surface area contributed by atoms with E-state index in [2.05, 4.69) is 5.32 Å². The van der Waals surface area contributed by atoms with Gasteiger partial charge in [0.25, 0.3) is 0 Å². The molecule has 36 heavy (non-hydrogen) atoms. The molecule has 0 aliphatic carbocycles. The SMILES string of the molecule is CC(=O)N[C@H]1[C@H](O[C@H]2[C@@H](O)[C@H](O)[C@@H](CO)O[C@@H]2O)O[C@H](CO)[C@@H](O)[C@@H]1O[C@@H]1O[C@@H](C)[C@@H](O)[C@@H](O)[C@@H]1O. The summed E-state index contributed by atoms with van der Waals surface area (Å²) in [5.74, 6) is -0.657. The summed E-state index contributed by atoms with van der Waals surface area (Å²) in [5, 5.41) is 93.4. The Morgan fingerprint density at radius 3 is 1.89 bits per heavy atom. The molecule has 1 amide bonds. The lowest BCUT2D eigenvalue weighted by Gasteiger charge is -2.49. The molecular formula is C20H35NO15. The van der Waals surface area contributed by atoms with E-state index in [9.17, 15) is 50.8 Å². The molecule has 0 spiro atoms. The zero-order chi connectivity index (χ0) is 26.9. The second-order valence-corrected chi connectivity index (χ2v) is 9.05. The highest BCUT2D eigenvalue weighted by Gasteiger charge is 2.53. The normalized spacial score (nSPS) is 50.0. The second-order valence-electron chi connectivity index (χ2n) is 9.05. The summed E-state index contributed by atoms with van der Waals surface area (Å²) in [4.78, 5) is 12.0. The number of ether oxygens (including phenoxy) is 5. The molecule has 3 rings (SSSR count). The van der Waals surface area contributed by atoms with Gasteiger partial charge in [-0.3, -0.25) is 4.79 Å². The minimum Gasteiger partial charge on any atom is -0.394 e. The Labute approximate surface area is 205 Å². The topological polar surface area (TPSA) is 257 Å². The van der Waals surface area contributed by atoms with Gasteiger partial charge in [0.15, 0.2) is 18.9 Å². The Morgan fingerprint density at radius 1 is 0.722 bits per heavy atom. The van der Waals surface area contributed by atoms with Gasteiger partial charge in [-0.2, -0.15) is 0 Å². The van der Waals surface area contributed by atoms with Crippen LogP contribution in [0.4, 0.5) is 0 Å². The van der Waals surface area contributed by atoms with E-state index >= 15 is 0 Å². The fourth-order valence-corrected chi connectivity index (χ4v) is 4.39. The van der Waals surface area contributed by atoms with Gasteiger partial charge in [0.2, 0.25) is 5.91 Å². The predicted molar refractivity (Wildman–Crippen MR) is 111 cm³/mol. The van der Waals surface area contributed by atoms with E-state index in [1.54, 1.807) is 0 Å². The number of carbonyl (C=O) groups is 1. The van der Waals surface area contributed by atoms with E-state index in [0.29, 0.717) is 0 Å². The molecule has 0 aromatic rings. The van der Waals surface area contributed by atoms with E-state index in [-0.39, 0.29) is 0 Å². The maximum Gasteiger partial charge on any atom is 0.217 e. The molecular weight excluding hydrogens is 494 g/mol. The van der Waals surface area contributed by atoms with Crippen LogP contribution in [0, 0.1) is 0 Å². The van der Waals surface area contributed by atoms with Crippen molar-refractivity contribution >= 4 is 5.91 Å². The highest BCUT2D eigenvalue weighted by atomic mass is 16.7. The van der Waals surface area contributed by atoms with Crippen LogP contribution in [0.5, 0.6) is 0 Å². The molecule has 0 aromatic heterocycles. The van der Waals surface area contributed by atoms with Crippen LogP contribution in [0.15, 0.2) is 0 Å². The minimum absolute atomic E-state index is 0.657. The first kappa shape index (κ1) is 29.5. The quantitative estimate of drug-likeness (QED) is 0.147. The van der Waals surface area contributed by atoms with Gasteiger partial charge in [-0.15, -0.1) is 0 Å². The second kappa shape index (κ2) is 12.2. The number of nitrogens with one attached hydrogen (secondary N) is 1. The third-order valence-corrected chi connectivity index (χ3v) is 6.46. The summed E-state index contributed by atoms with van der Waals surface area (Å²) in [6.07, 6.45) is -22.0. The van der Waals surface area contributed by atoms with Crippen LogP contribution in [0.2, 0.25) is 0 Å². The lowest BCUT2D eigenvalue weighted by atomic mass is 9.94. The fraction of sp³-hybridized carbons (Fsp3) is 0.950. The smallest absolute Gasteiger partial charge is 0.217 e. The van der Waals surface area contributed by atoms with Gasteiger partial charge in [0.05, 0.1) is 19.3 Å². The van der Waals surface area contributed by atoms with Gasteiger partial charge >= 0.3 is 0 Å². The van der Waals surface area contributed by atoms with Gasteiger partial charge in [-0.1, -0.05) is 0 Å². The number of amides is 1. The third-order valence-electron chi connectivity index (χ3n) is 6.46. The monoisotopic (exact) mass is 529 g/mol. The molecule has 10 N–H and O–H groups in total. The summed E-state index contributed by atoms with van der Waals surface area (Å²) in [6.45, 7) is 1.03. The third kappa shape index (κ3) is 5.97. The van der Waals surface area contributed by atoms with Gasteiger partial charge < -0.3 is 75.0 Å². The van der Waals surface area contributed by atoms with Crippen molar-refractivity contribution in [2.24, 2.45) is 0 Å². The Balaban J connectivity index is 1.87. The summed E-state index contributed by atoms with van der Waals surface area (Å²) >= 11 is 0. The zero-order valence-corrected chi connectivity index (χ0v) is 19.5. The number of hydrogen-bond donors (Lipinski definition) is 10. The Kier molecular flexibility index (Phi) is 9.97. The number of hydrogen-bond acceptors (Lipinski definition) is 15. The average Bonchev–Trinajstić information content (AvgIpc) is 2.83. The number of carbonyl (C=O) groups excluding carboxylic acids is 1. The highest BCUT2D eigenvalue weighted by Crippen LogP contribution is 2.32. The number of rotatable bonds is 7. The number of aliphatic hydroxyl groups is 9. The van der Waals surface area contributed by atoms with Gasteiger partial charge in [-0.05, 0) is 6.92 Å². The first-order valence-corrected chi connectivity index (χ1v) is 11.4. The molecule has 3 heterocycles. The Morgan fingerprint density at radius 2 is 1.31 bits per heavy atom. The van der Waals surface area contributed by atoms with Gasteiger partial charge in [-0.25, -0.2) is 0 Å². The van der Waals surface area contributed by atoms with Crippen molar-refractivity contribution in [3.8, 4) is 0 Å². The lowest BCUT2D eigenvalue weighted by Crippen LogP contribution is -2.69. The summed E-state index contributed by atoms with van der Waals surface area (Å²) in [6, 6.07) is -1.41. The van der Waals surface area contributed by atoms with Crippen LogP contribution in [-0.4, -0.2) is 157 Å². The molecule has 3 fully saturated rings. The molecule has 0 aromatic carbocycles. The standard InChI is InChI=1S/C20H35NO15/c1-5-10(25)13(28)15(30)20(32-5)35-16-9(21-6(2)24)19(34-8(4-23)12(16)27)36-17-14(29)11(26)7(3-22)33-18(17)31/h5,7-20,22-23,25-31H,3-4H2,1-2H3,(H,21,24)/t5-,7+,8+,9+,10+,11+,12+,13+,14-,15-,16+,17-,18-,19-,20-/m0/s1. The molecule has 3 saturated heterocycles. The first-order chi connectivity index (χ1) is 16.9. The van der Waals surface area contributed by atoms with Gasteiger partial charge in [0, 0.05) is 6.92 Å². The van der Waals surface area contributed by atoms with Crippen molar-refractivity contribution in [2.75, 3.05) is 13.2 Å². The van der Waals surface area contributed by atoms with E-state index in [0.717, 1.165) is 6.92 Å². The summed E-state index contributed by atoms with van der Waals surface area (Å²) in [7, 11) is 0.